The standard InChI is InChI=1S/CH4O.3CH3O.Nd/c4*1-2;/h2H,1H3;3*1H3;/q;3*-1;+3. The minimum absolute atomic E-state index is 0. The van der Waals surface area contributed by atoms with Crippen LogP contribution >= 0.6 is 0 Å². The van der Waals surface area contributed by atoms with Gasteiger partial charge in [0.25, 0.3) is 0 Å². The summed E-state index contributed by atoms with van der Waals surface area (Å²) in [5, 5.41) is 31.8. The Labute approximate surface area is 89.1 Å². The second-order valence-corrected chi connectivity index (χ2v) is 0. The van der Waals surface area contributed by atoms with Crippen LogP contribution in [0.1, 0.15) is 0 Å². The molecule has 0 spiro atoms. The van der Waals surface area contributed by atoms with Crippen molar-refractivity contribution in [2.45, 2.75) is 0 Å². The Morgan fingerprint density at radius 3 is 0.667 bits per heavy atom. The fraction of sp³-hybridized carbons (Fsp3) is 1.00. The van der Waals surface area contributed by atoms with Gasteiger partial charge in [-0.05, 0) is 0 Å². The molecule has 0 fully saturated rings. The van der Waals surface area contributed by atoms with Crippen LogP contribution in [0.15, 0.2) is 0 Å². The van der Waals surface area contributed by atoms with Crippen molar-refractivity contribution in [3.05, 3.63) is 0 Å². The van der Waals surface area contributed by atoms with Crippen molar-refractivity contribution in [3.63, 3.8) is 0 Å². The van der Waals surface area contributed by atoms with E-state index in [2.05, 4.69) is 0 Å². The first kappa shape index (κ1) is 31.9. The van der Waals surface area contributed by atoms with E-state index in [9.17, 15) is 0 Å². The molecule has 0 saturated heterocycles. The van der Waals surface area contributed by atoms with E-state index in [1.165, 1.54) is 0 Å². The van der Waals surface area contributed by atoms with E-state index in [-0.39, 0.29) is 40.8 Å². The van der Waals surface area contributed by atoms with Gasteiger partial charge in [-0.1, -0.05) is 0 Å². The third kappa shape index (κ3) is 335. The van der Waals surface area contributed by atoms with Crippen LogP contribution in [-0.2, 0) is 0 Å². The summed E-state index contributed by atoms with van der Waals surface area (Å²) in [6.45, 7) is 0. The Morgan fingerprint density at radius 2 is 0.667 bits per heavy atom. The number of aliphatic hydroxyl groups is 1. The van der Waals surface area contributed by atoms with Crippen LogP contribution in [-0.4, -0.2) is 33.5 Å². The predicted molar refractivity (Wildman–Crippen MR) is 25.9 cm³/mol. The molecule has 0 rings (SSSR count). The molecule has 1 N–H and O–H groups in total. The molecule has 9 heavy (non-hydrogen) atoms. The molecule has 0 bridgehead atoms. The van der Waals surface area contributed by atoms with Crippen LogP contribution < -0.4 is 15.3 Å². The maximum Gasteiger partial charge on any atom is 3.00 e. The Morgan fingerprint density at radius 1 is 0.667 bits per heavy atom. The molecule has 57 valence electrons. The smallest absolute Gasteiger partial charge is 0.857 e. The van der Waals surface area contributed by atoms with Crippen LogP contribution in [0.4, 0.5) is 0 Å². The number of hydrogen-bond donors (Lipinski definition) is 1. The number of rotatable bonds is 0. The van der Waals surface area contributed by atoms with Crippen molar-refractivity contribution >= 4 is 0 Å². The largest absolute Gasteiger partial charge is 3.00 e. The van der Waals surface area contributed by atoms with E-state index in [0.29, 0.717) is 0 Å². The van der Waals surface area contributed by atoms with Crippen LogP contribution in [0, 0.1) is 40.8 Å². The summed E-state index contributed by atoms with van der Waals surface area (Å²) in [5.41, 5.74) is 0. The van der Waals surface area contributed by atoms with Crippen LogP contribution in [0.5, 0.6) is 0 Å². The van der Waals surface area contributed by atoms with E-state index < -0.39 is 0 Å². The van der Waals surface area contributed by atoms with Gasteiger partial charge in [-0.2, -0.15) is 21.3 Å². The summed E-state index contributed by atoms with van der Waals surface area (Å²) in [6.07, 6.45) is 0. The normalized spacial score (nSPS) is 2.67. The summed E-state index contributed by atoms with van der Waals surface area (Å²) in [6, 6.07) is 0. The second kappa shape index (κ2) is 435. The number of aliphatic hydroxyl groups excluding tert-OH is 1. The molecule has 0 atom stereocenters. The molecule has 0 aliphatic rings. The Hall–Kier alpha value is 1.19. The Balaban J connectivity index is -0.00000000762. The van der Waals surface area contributed by atoms with E-state index in [1.807, 2.05) is 0 Å². The van der Waals surface area contributed by atoms with E-state index in [4.69, 9.17) is 20.4 Å². The Bertz CT molecular complexity index is 12.5. The zero-order valence-electron chi connectivity index (χ0n) is 6.17. The first-order valence-corrected chi connectivity index (χ1v) is 1.67. The minimum atomic E-state index is 0. The molecular weight excluding hydrogens is 256 g/mol. The molecule has 0 amide bonds. The van der Waals surface area contributed by atoms with Gasteiger partial charge in [-0.15, -0.1) is 0 Å². The average Bonchev–Trinajstić information content (AvgIpc) is 2.03. The van der Waals surface area contributed by atoms with Gasteiger partial charge in [0.05, 0.1) is 0 Å². The molecule has 0 heterocycles. The van der Waals surface area contributed by atoms with Gasteiger partial charge in [0.1, 0.15) is 0 Å². The fourth-order valence-electron chi connectivity index (χ4n) is 0. The first-order chi connectivity index (χ1) is 4.00. The van der Waals surface area contributed by atoms with Crippen molar-refractivity contribution in [2.24, 2.45) is 0 Å². The monoisotopic (exact) mass is 267 g/mol. The van der Waals surface area contributed by atoms with Crippen molar-refractivity contribution in [3.8, 4) is 0 Å². The molecule has 0 unspecified atom stereocenters. The molecule has 1 radical (unpaired) electrons. The third-order valence-corrected chi connectivity index (χ3v) is 0. The summed E-state index contributed by atoms with van der Waals surface area (Å²) in [7, 11) is 3.25. The van der Waals surface area contributed by atoms with Gasteiger partial charge in [-0.3, -0.25) is 0 Å². The van der Waals surface area contributed by atoms with Gasteiger partial charge in [0.15, 0.2) is 0 Å². The second-order valence-electron chi connectivity index (χ2n) is 0. The topological polar surface area (TPSA) is 89.4 Å². The maximum absolute atomic E-state index is 8.25. The van der Waals surface area contributed by atoms with Gasteiger partial charge in [0.2, 0.25) is 0 Å². The van der Waals surface area contributed by atoms with Gasteiger partial charge in [-0.25, -0.2) is 0 Å². The summed E-state index contributed by atoms with van der Waals surface area (Å²) in [5.74, 6) is 0. The van der Waals surface area contributed by atoms with Crippen molar-refractivity contribution in [1.82, 2.24) is 0 Å². The van der Waals surface area contributed by atoms with E-state index >= 15 is 0 Å². The summed E-state index contributed by atoms with van der Waals surface area (Å²) >= 11 is 0. The van der Waals surface area contributed by atoms with Gasteiger partial charge >= 0.3 is 40.8 Å². The average molecular weight is 269 g/mol. The van der Waals surface area contributed by atoms with Crippen LogP contribution in [0.3, 0.4) is 0 Å². The molecule has 0 saturated carbocycles. The van der Waals surface area contributed by atoms with Crippen molar-refractivity contribution in [2.75, 3.05) is 28.4 Å². The minimum Gasteiger partial charge on any atom is -0.857 e. The molecule has 5 heteroatoms. The SMILES string of the molecule is CO.C[O-].C[O-].C[O-].[Nd+3]. The van der Waals surface area contributed by atoms with Gasteiger partial charge in [0, 0.05) is 7.11 Å². The summed E-state index contributed by atoms with van der Waals surface area (Å²) in [4.78, 5) is 0. The predicted octanol–water partition coefficient (Wildman–Crippen LogP) is -3.46. The first-order valence-electron chi connectivity index (χ1n) is 1.67. The molecular formula is C4H13NdO4. The maximum atomic E-state index is 8.25. The van der Waals surface area contributed by atoms with Crippen LogP contribution in [0.25, 0.3) is 0 Å². The van der Waals surface area contributed by atoms with E-state index in [1.54, 1.807) is 0 Å². The molecule has 4 nitrogen and oxygen atoms in total. The molecule has 0 aromatic rings. The molecule has 0 aliphatic heterocycles. The Kier molecular flexibility index (Phi) is 1540. The molecule has 0 aromatic heterocycles. The zero-order valence-corrected chi connectivity index (χ0v) is 9.38. The van der Waals surface area contributed by atoms with E-state index in [0.717, 1.165) is 28.4 Å². The van der Waals surface area contributed by atoms with Crippen LogP contribution in [0.2, 0.25) is 0 Å². The van der Waals surface area contributed by atoms with Gasteiger partial charge < -0.3 is 20.4 Å². The zero-order chi connectivity index (χ0) is 8.00. The third-order valence-electron chi connectivity index (χ3n) is 0. The molecule has 0 aliphatic carbocycles. The van der Waals surface area contributed by atoms with Crippen molar-refractivity contribution in [1.29, 1.82) is 0 Å². The van der Waals surface area contributed by atoms with Crippen molar-refractivity contribution < 1.29 is 61.3 Å². The number of hydrogen-bond acceptors (Lipinski definition) is 4. The quantitative estimate of drug-likeness (QED) is 0.495. The molecule has 0 aromatic carbocycles. The summed E-state index contributed by atoms with van der Waals surface area (Å²) < 4.78 is 0. The fourth-order valence-corrected chi connectivity index (χ4v) is 0.